The second-order valence-electron chi connectivity index (χ2n) is 6.03. The summed E-state index contributed by atoms with van der Waals surface area (Å²) >= 11 is 0. The SMILES string of the molecule is NCc1ccc(N2CCC(N3CCCCC3)CC2)cn1. The number of nitrogens with zero attached hydrogens (tertiary/aromatic N) is 3. The highest BCUT2D eigenvalue weighted by Gasteiger charge is 2.25. The highest BCUT2D eigenvalue weighted by atomic mass is 15.2. The molecule has 20 heavy (non-hydrogen) atoms. The first-order valence-electron chi connectivity index (χ1n) is 8.01. The van der Waals surface area contributed by atoms with Gasteiger partial charge in [0.05, 0.1) is 17.6 Å². The zero-order valence-corrected chi connectivity index (χ0v) is 12.3. The fourth-order valence-electron chi connectivity index (χ4n) is 3.50. The predicted molar refractivity (Wildman–Crippen MR) is 82.8 cm³/mol. The first kappa shape index (κ1) is 13.8. The number of nitrogens with two attached hydrogens (primary N) is 1. The zero-order chi connectivity index (χ0) is 13.8. The lowest BCUT2D eigenvalue weighted by molar-refractivity contribution is 0.141. The maximum absolute atomic E-state index is 5.60. The highest BCUT2D eigenvalue weighted by molar-refractivity contribution is 5.45. The van der Waals surface area contributed by atoms with Gasteiger partial charge in [-0.15, -0.1) is 0 Å². The van der Waals surface area contributed by atoms with Crippen molar-refractivity contribution in [1.29, 1.82) is 0 Å². The Labute approximate surface area is 122 Å². The molecule has 3 rings (SSSR count). The van der Waals surface area contributed by atoms with E-state index in [1.165, 1.54) is 50.9 Å². The van der Waals surface area contributed by atoms with Crippen molar-refractivity contribution in [3.63, 3.8) is 0 Å². The third-order valence-electron chi connectivity index (χ3n) is 4.75. The van der Waals surface area contributed by atoms with Gasteiger partial charge in [0.25, 0.3) is 0 Å². The van der Waals surface area contributed by atoms with Gasteiger partial charge >= 0.3 is 0 Å². The van der Waals surface area contributed by atoms with Gasteiger partial charge in [-0.25, -0.2) is 0 Å². The molecule has 0 amide bonds. The summed E-state index contributed by atoms with van der Waals surface area (Å²) in [6, 6.07) is 5.02. The summed E-state index contributed by atoms with van der Waals surface area (Å²) in [6.45, 7) is 5.47. The third-order valence-corrected chi connectivity index (χ3v) is 4.75. The monoisotopic (exact) mass is 274 g/mol. The number of aromatic nitrogens is 1. The smallest absolute Gasteiger partial charge is 0.0552 e. The van der Waals surface area contributed by atoms with Crippen LogP contribution in [-0.2, 0) is 6.54 Å². The molecule has 2 aliphatic heterocycles. The number of hydrogen-bond acceptors (Lipinski definition) is 4. The van der Waals surface area contributed by atoms with Crippen LogP contribution in [-0.4, -0.2) is 42.1 Å². The van der Waals surface area contributed by atoms with Crippen LogP contribution in [0.25, 0.3) is 0 Å². The lowest BCUT2D eigenvalue weighted by Gasteiger charge is -2.40. The second kappa shape index (κ2) is 6.55. The van der Waals surface area contributed by atoms with Gasteiger partial charge in [0.15, 0.2) is 0 Å². The van der Waals surface area contributed by atoms with Gasteiger partial charge in [-0.3, -0.25) is 4.98 Å². The standard InChI is InChI=1S/C16H26N4/c17-12-14-4-5-16(13-18-14)20-10-6-15(7-11-20)19-8-2-1-3-9-19/h4-5,13,15H,1-3,6-12,17H2. The quantitative estimate of drug-likeness (QED) is 0.915. The van der Waals surface area contributed by atoms with Crippen LogP contribution in [0.15, 0.2) is 18.3 Å². The molecule has 0 unspecified atom stereocenters. The van der Waals surface area contributed by atoms with Crippen molar-refractivity contribution < 1.29 is 0 Å². The summed E-state index contributed by atoms with van der Waals surface area (Å²) in [5.41, 5.74) is 7.82. The number of pyridine rings is 1. The molecule has 1 aromatic heterocycles. The predicted octanol–water partition coefficient (Wildman–Crippen LogP) is 1.99. The van der Waals surface area contributed by atoms with Crippen LogP contribution in [0.3, 0.4) is 0 Å². The van der Waals surface area contributed by atoms with Crippen molar-refractivity contribution in [3.05, 3.63) is 24.0 Å². The van der Waals surface area contributed by atoms with Crippen molar-refractivity contribution in [1.82, 2.24) is 9.88 Å². The number of hydrogen-bond donors (Lipinski definition) is 1. The molecule has 0 spiro atoms. The van der Waals surface area contributed by atoms with E-state index in [0.717, 1.165) is 24.8 Å². The molecule has 2 aliphatic rings. The molecule has 0 bridgehead atoms. The van der Waals surface area contributed by atoms with E-state index in [9.17, 15) is 0 Å². The molecule has 2 N–H and O–H groups in total. The second-order valence-corrected chi connectivity index (χ2v) is 6.03. The van der Waals surface area contributed by atoms with E-state index in [-0.39, 0.29) is 0 Å². The average molecular weight is 274 g/mol. The molecule has 0 aliphatic carbocycles. The molecule has 4 heteroatoms. The van der Waals surface area contributed by atoms with Gasteiger partial charge in [0.1, 0.15) is 0 Å². The van der Waals surface area contributed by atoms with Crippen molar-refractivity contribution in [3.8, 4) is 0 Å². The van der Waals surface area contributed by atoms with E-state index in [2.05, 4.69) is 20.9 Å². The Bertz CT molecular complexity index is 403. The molecule has 1 aromatic rings. The number of anilines is 1. The van der Waals surface area contributed by atoms with Crippen LogP contribution in [0.1, 0.15) is 37.8 Å². The molecule has 0 aromatic carbocycles. The Morgan fingerprint density at radius 1 is 1.05 bits per heavy atom. The van der Waals surface area contributed by atoms with Crippen LogP contribution in [0, 0.1) is 0 Å². The minimum atomic E-state index is 0.525. The molecule has 0 saturated carbocycles. The summed E-state index contributed by atoms with van der Waals surface area (Å²) in [5.74, 6) is 0. The van der Waals surface area contributed by atoms with Crippen LogP contribution < -0.4 is 10.6 Å². The summed E-state index contributed by atoms with van der Waals surface area (Å²) < 4.78 is 0. The van der Waals surface area contributed by atoms with Crippen molar-refractivity contribution >= 4 is 5.69 Å². The molecule has 0 atom stereocenters. The molecule has 3 heterocycles. The fourth-order valence-corrected chi connectivity index (χ4v) is 3.50. The molecular formula is C16H26N4. The van der Waals surface area contributed by atoms with Gasteiger partial charge in [0.2, 0.25) is 0 Å². The molecule has 110 valence electrons. The number of rotatable bonds is 3. The third kappa shape index (κ3) is 3.13. The Hall–Kier alpha value is -1.13. The summed E-state index contributed by atoms with van der Waals surface area (Å²) in [6.07, 6.45) is 8.77. The molecule has 0 radical (unpaired) electrons. The molecule has 2 saturated heterocycles. The van der Waals surface area contributed by atoms with Gasteiger partial charge in [0, 0.05) is 25.7 Å². The normalized spacial score (nSPS) is 22.1. The van der Waals surface area contributed by atoms with E-state index in [1.807, 2.05) is 12.3 Å². The summed E-state index contributed by atoms with van der Waals surface area (Å²) in [7, 11) is 0. The van der Waals surface area contributed by atoms with E-state index >= 15 is 0 Å². The highest BCUT2D eigenvalue weighted by Crippen LogP contribution is 2.24. The van der Waals surface area contributed by atoms with Gasteiger partial charge in [-0.05, 0) is 50.9 Å². The maximum atomic E-state index is 5.60. The molecule has 2 fully saturated rings. The summed E-state index contributed by atoms with van der Waals surface area (Å²) in [4.78, 5) is 9.59. The molecular weight excluding hydrogens is 248 g/mol. The number of likely N-dealkylation sites (tertiary alicyclic amines) is 1. The van der Waals surface area contributed by atoms with E-state index in [4.69, 9.17) is 5.73 Å². The Kier molecular flexibility index (Phi) is 4.53. The Balaban J connectivity index is 1.54. The van der Waals surface area contributed by atoms with E-state index in [1.54, 1.807) is 0 Å². The van der Waals surface area contributed by atoms with Gasteiger partial charge < -0.3 is 15.5 Å². The first-order chi connectivity index (χ1) is 9.86. The fraction of sp³-hybridized carbons (Fsp3) is 0.688. The average Bonchev–Trinajstić information content (AvgIpc) is 2.56. The molecule has 4 nitrogen and oxygen atoms in total. The summed E-state index contributed by atoms with van der Waals surface area (Å²) in [5, 5.41) is 0. The largest absolute Gasteiger partial charge is 0.370 e. The van der Waals surface area contributed by atoms with Crippen LogP contribution >= 0.6 is 0 Å². The van der Waals surface area contributed by atoms with Crippen LogP contribution in [0.2, 0.25) is 0 Å². The minimum Gasteiger partial charge on any atom is -0.370 e. The topological polar surface area (TPSA) is 45.4 Å². The minimum absolute atomic E-state index is 0.525. The zero-order valence-electron chi connectivity index (χ0n) is 12.3. The van der Waals surface area contributed by atoms with Crippen LogP contribution in [0.5, 0.6) is 0 Å². The van der Waals surface area contributed by atoms with Gasteiger partial charge in [-0.1, -0.05) is 6.42 Å². The number of piperidine rings is 2. The van der Waals surface area contributed by atoms with Gasteiger partial charge in [-0.2, -0.15) is 0 Å². The van der Waals surface area contributed by atoms with E-state index < -0.39 is 0 Å². The van der Waals surface area contributed by atoms with Crippen molar-refractivity contribution in [2.24, 2.45) is 5.73 Å². The first-order valence-corrected chi connectivity index (χ1v) is 8.01. The lowest BCUT2D eigenvalue weighted by Crippen LogP contribution is -2.46. The van der Waals surface area contributed by atoms with Crippen molar-refractivity contribution in [2.45, 2.75) is 44.7 Å². The maximum Gasteiger partial charge on any atom is 0.0552 e. The van der Waals surface area contributed by atoms with E-state index in [0.29, 0.717) is 6.54 Å². The van der Waals surface area contributed by atoms with Crippen molar-refractivity contribution in [2.75, 3.05) is 31.1 Å². The Morgan fingerprint density at radius 2 is 1.80 bits per heavy atom. The van der Waals surface area contributed by atoms with Crippen LogP contribution in [0.4, 0.5) is 5.69 Å². The Morgan fingerprint density at radius 3 is 2.40 bits per heavy atom. The lowest BCUT2D eigenvalue weighted by atomic mass is 9.99.